The van der Waals surface area contributed by atoms with Gasteiger partial charge in [-0.25, -0.2) is 4.39 Å². The van der Waals surface area contributed by atoms with Gasteiger partial charge in [-0.3, -0.25) is 14.4 Å². The minimum absolute atomic E-state index is 0.0924. The normalized spacial score (nSPS) is 32.0. The third kappa shape index (κ3) is 3.74. The fraction of sp³-hybridized carbons (Fsp3) is 0.500. The van der Waals surface area contributed by atoms with Crippen LogP contribution >= 0.6 is 0 Å². The topological polar surface area (TPSA) is 87.7 Å². The second-order valence-corrected chi connectivity index (χ2v) is 9.67. The van der Waals surface area contributed by atoms with E-state index >= 15 is 0 Å². The highest BCUT2D eigenvalue weighted by molar-refractivity contribution is 6.00. The number of halogens is 1. The average molecular weight is 468 g/mol. The molecule has 3 amide bonds. The van der Waals surface area contributed by atoms with E-state index in [2.05, 4.69) is 17.2 Å². The van der Waals surface area contributed by atoms with Crippen LogP contribution in [0.3, 0.4) is 0 Å². The molecule has 2 N–H and O–H groups in total. The van der Waals surface area contributed by atoms with Crippen molar-refractivity contribution in [3.8, 4) is 0 Å². The summed E-state index contributed by atoms with van der Waals surface area (Å²) in [4.78, 5) is 41.8. The summed E-state index contributed by atoms with van der Waals surface area (Å²) in [6.07, 6.45) is 9.80. The first-order valence-corrected chi connectivity index (χ1v) is 12.1. The second kappa shape index (κ2) is 8.98. The molecule has 3 fully saturated rings. The van der Waals surface area contributed by atoms with Gasteiger partial charge in [0.25, 0.3) is 0 Å². The molecule has 180 valence electrons. The van der Waals surface area contributed by atoms with E-state index < -0.39 is 29.6 Å². The van der Waals surface area contributed by atoms with E-state index in [0.29, 0.717) is 0 Å². The lowest BCUT2D eigenvalue weighted by atomic mass is 9.74. The van der Waals surface area contributed by atoms with Crippen LogP contribution in [0.1, 0.15) is 37.7 Å². The lowest BCUT2D eigenvalue weighted by molar-refractivity contribution is -0.141. The molecule has 1 aliphatic carbocycles. The van der Waals surface area contributed by atoms with E-state index in [1.54, 1.807) is 30.4 Å². The number of hydrogen-bond donors (Lipinski definition) is 2. The smallest absolute Gasteiger partial charge is 0.246 e. The maximum atomic E-state index is 13.6. The first-order chi connectivity index (χ1) is 16.4. The number of carbonyl (C=O) groups excluding carboxylic acids is 3. The fourth-order valence-corrected chi connectivity index (χ4v) is 6.04. The molecule has 0 radical (unpaired) electrons. The molecule has 1 saturated carbocycles. The van der Waals surface area contributed by atoms with Gasteiger partial charge in [0.05, 0.1) is 17.9 Å². The molecular weight excluding hydrogens is 437 g/mol. The first kappa shape index (κ1) is 22.8. The molecule has 5 atom stereocenters. The summed E-state index contributed by atoms with van der Waals surface area (Å²) in [7, 11) is 0. The Morgan fingerprint density at radius 3 is 2.62 bits per heavy atom. The van der Waals surface area contributed by atoms with Crippen LogP contribution in [0.2, 0.25) is 0 Å². The number of nitrogens with one attached hydrogen (secondary N) is 2. The molecule has 1 aromatic carbocycles. The van der Waals surface area contributed by atoms with E-state index in [1.165, 1.54) is 23.5 Å². The molecule has 5 rings (SSSR count). The van der Waals surface area contributed by atoms with Gasteiger partial charge in [0.1, 0.15) is 17.5 Å². The third-order valence-corrected chi connectivity index (χ3v) is 7.58. The van der Waals surface area contributed by atoms with Crippen molar-refractivity contribution < 1.29 is 23.5 Å². The molecule has 2 saturated heterocycles. The van der Waals surface area contributed by atoms with Gasteiger partial charge < -0.3 is 20.3 Å². The predicted molar refractivity (Wildman–Crippen MR) is 123 cm³/mol. The first-order valence-electron chi connectivity index (χ1n) is 12.1. The Bertz CT molecular complexity index is 1020. The Morgan fingerprint density at radius 2 is 1.91 bits per heavy atom. The molecule has 7 nitrogen and oxygen atoms in total. The summed E-state index contributed by atoms with van der Waals surface area (Å²) in [5, 5.41) is 6.01. The fourth-order valence-electron chi connectivity index (χ4n) is 6.04. The van der Waals surface area contributed by atoms with Crippen molar-refractivity contribution in [3.63, 3.8) is 0 Å². The SMILES string of the molecule is C=CCN1C(=O)C2C(C(=O)NCc3ccc(F)cc3)C3C=CC2(O3)C1C(=O)NC1CCCCC1. The number of amides is 3. The van der Waals surface area contributed by atoms with Crippen LogP contribution in [-0.2, 0) is 25.7 Å². The molecule has 3 heterocycles. The van der Waals surface area contributed by atoms with Crippen molar-refractivity contribution in [1.29, 1.82) is 0 Å². The predicted octanol–water partition coefficient (Wildman–Crippen LogP) is 2.23. The van der Waals surface area contributed by atoms with E-state index in [9.17, 15) is 18.8 Å². The van der Waals surface area contributed by atoms with Gasteiger partial charge in [-0.05, 0) is 30.5 Å². The molecule has 5 unspecified atom stereocenters. The van der Waals surface area contributed by atoms with Gasteiger partial charge in [0.15, 0.2) is 0 Å². The van der Waals surface area contributed by atoms with Crippen LogP contribution in [-0.4, -0.2) is 53.0 Å². The highest BCUT2D eigenvalue weighted by atomic mass is 19.1. The molecule has 3 aliphatic heterocycles. The Morgan fingerprint density at radius 1 is 1.18 bits per heavy atom. The zero-order chi connectivity index (χ0) is 23.9. The molecule has 4 aliphatic rings. The highest BCUT2D eigenvalue weighted by Gasteiger charge is 2.72. The molecule has 0 aromatic heterocycles. The van der Waals surface area contributed by atoms with E-state index in [4.69, 9.17) is 4.74 Å². The van der Waals surface area contributed by atoms with Crippen molar-refractivity contribution in [2.75, 3.05) is 6.54 Å². The average Bonchev–Trinajstić information content (AvgIpc) is 3.47. The number of nitrogens with zero attached hydrogens (tertiary/aromatic N) is 1. The summed E-state index contributed by atoms with van der Waals surface area (Å²) < 4.78 is 19.5. The van der Waals surface area contributed by atoms with Gasteiger partial charge in [0, 0.05) is 19.1 Å². The molecule has 1 spiro atoms. The number of ether oxygens (including phenoxy) is 1. The zero-order valence-corrected chi connectivity index (χ0v) is 19.0. The largest absolute Gasteiger partial charge is 0.359 e. The standard InChI is InChI=1S/C26H30FN3O4/c1-2-14-30-22(24(32)29-18-6-4-3-5-7-18)26-13-12-19(34-26)20(21(26)25(30)33)23(31)28-15-16-8-10-17(27)11-9-16/h2,8-13,18-22H,1,3-7,14-15H2,(H,28,31)(H,29,32). The zero-order valence-electron chi connectivity index (χ0n) is 19.0. The minimum atomic E-state index is -1.17. The number of carbonyl (C=O) groups is 3. The molecule has 34 heavy (non-hydrogen) atoms. The lowest BCUT2D eigenvalue weighted by Crippen LogP contribution is -2.56. The second-order valence-electron chi connectivity index (χ2n) is 9.67. The monoisotopic (exact) mass is 467 g/mol. The minimum Gasteiger partial charge on any atom is -0.359 e. The van der Waals surface area contributed by atoms with Crippen LogP contribution in [0.25, 0.3) is 0 Å². The van der Waals surface area contributed by atoms with E-state index in [1.807, 2.05) is 0 Å². The molecule has 8 heteroatoms. The number of fused-ring (bicyclic) bond motifs is 1. The van der Waals surface area contributed by atoms with Gasteiger partial charge in [0.2, 0.25) is 17.7 Å². The quantitative estimate of drug-likeness (QED) is 0.602. The van der Waals surface area contributed by atoms with Crippen molar-refractivity contribution >= 4 is 17.7 Å². The third-order valence-electron chi connectivity index (χ3n) is 7.58. The maximum absolute atomic E-state index is 13.6. The summed E-state index contributed by atoms with van der Waals surface area (Å²) in [6, 6.07) is 5.13. The van der Waals surface area contributed by atoms with Crippen molar-refractivity contribution in [3.05, 3.63) is 60.5 Å². The Balaban J connectivity index is 1.37. The van der Waals surface area contributed by atoms with Gasteiger partial charge in [-0.15, -0.1) is 6.58 Å². The van der Waals surface area contributed by atoms with Crippen LogP contribution in [0.4, 0.5) is 4.39 Å². The van der Waals surface area contributed by atoms with E-state index in [0.717, 1.165) is 31.2 Å². The number of benzene rings is 1. The highest BCUT2D eigenvalue weighted by Crippen LogP contribution is 2.55. The Labute approximate surface area is 198 Å². The van der Waals surface area contributed by atoms with Crippen LogP contribution in [0.15, 0.2) is 49.1 Å². The number of hydrogen-bond acceptors (Lipinski definition) is 4. The van der Waals surface area contributed by atoms with Gasteiger partial charge in [-0.1, -0.05) is 49.6 Å². The Kier molecular flexibility index (Phi) is 6.02. The maximum Gasteiger partial charge on any atom is 0.246 e. The summed E-state index contributed by atoms with van der Waals surface area (Å²) >= 11 is 0. The number of rotatable bonds is 7. The van der Waals surface area contributed by atoms with Crippen LogP contribution in [0, 0.1) is 17.7 Å². The number of likely N-dealkylation sites (tertiary alicyclic amines) is 1. The van der Waals surface area contributed by atoms with Crippen molar-refractivity contribution in [2.24, 2.45) is 11.8 Å². The lowest BCUT2D eigenvalue weighted by Gasteiger charge is -2.33. The van der Waals surface area contributed by atoms with Crippen LogP contribution < -0.4 is 10.6 Å². The molecule has 1 aromatic rings. The molecular formula is C26H30FN3O4. The summed E-state index contributed by atoms with van der Waals surface area (Å²) in [5.41, 5.74) is -0.415. The summed E-state index contributed by atoms with van der Waals surface area (Å²) in [5.74, 6) is -2.68. The Hall–Kier alpha value is -3.00. The van der Waals surface area contributed by atoms with Gasteiger partial charge in [-0.2, -0.15) is 0 Å². The van der Waals surface area contributed by atoms with Crippen molar-refractivity contribution in [2.45, 2.75) is 62.4 Å². The van der Waals surface area contributed by atoms with Crippen molar-refractivity contribution in [1.82, 2.24) is 15.5 Å². The van der Waals surface area contributed by atoms with Gasteiger partial charge >= 0.3 is 0 Å². The molecule has 2 bridgehead atoms. The summed E-state index contributed by atoms with van der Waals surface area (Å²) in [6.45, 7) is 4.16. The van der Waals surface area contributed by atoms with E-state index in [-0.39, 0.29) is 42.7 Å². The van der Waals surface area contributed by atoms with Crippen LogP contribution in [0.5, 0.6) is 0 Å².